The van der Waals surface area contributed by atoms with Crippen molar-refractivity contribution in [2.75, 3.05) is 18.0 Å². The predicted octanol–water partition coefficient (Wildman–Crippen LogP) is 3.25. The molecule has 0 aliphatic carbocycles. The summed E-state index contributed by atoms with van der Waals surface area (Å²) in [7, 11) is 0. The molecule has 1 aromatic carbocycles. The Morgan fingerprint density at radius 3 is 2.29 bits per heavy atom. The molecule has 0 fully saturated rings. The highest BCUT2D eigenvalue weighted by molar-refractivity contribution is 6.29. The van der Waals surface area contributed by atoms with Crippen molar-refractivity contribution >= 4 is 23.1 Å². The zero-order valence-electron chi connectivity index (χ0n) is 11.3. The Hall–Kier alpha value is -2.14. The zero-order valence-corrected chi connectivity index (χ0v) is 12.1. The number of rotatable bonds is 2. The first-order chi connectivity index (χ1) is 10.1. The van der Waals surface area contributed by atoms with Crippen molar-refractivity contribution in [3.05, 3.63) is 62.8 Å². The molecule has 21 heavy (non-hydrogen) atoms. The van der Waals surface area contributed by atoms with E-state index in [9.17, 15) is 10.1 Å². The lowest BCUT2D eigenvalue weighted by atomic mass is 10.0. The first-order valence-electron chi connectivity index (χ1n) is 6.78. The maximum absolute atomic E-state index is 11.2. The van der Waals surface area contributed by atoms with E-state index in [0.717, 1.165) is 12.8 Å². The van der Waals surface area contributed by atoms with Crippen LogP contribution in [0.25, 0.3) is 0 Å². The lowest BCUT2D eigenvalue weighted by Gasteiger charge is -2.21. The first-order valence-corrected chi connectivity index (χ1v) is 7.15. The third kappa shape index (κ3) is 2.83. The Morgan fingerprint density at radius 2 is 1.71 bits per heavy atom. The van der Waals surface area contributed by atoms with Crippen LogP contribution < -0.4 is 4.90 Å². The number of benzene rings is 1. The van der Waals surface area contributed by atoms with Crippen LogP contribution in [-0.2, 0) is 12.8 Å². The molecule has 2 heterocycles. The fraction of sp³-hybridized carbons (Fsp3) is 0.267. The summed E-state index contributed by atoms with van der Waals surface area (Å²) < 4.78 is 0. The van der Waals surface area contributed by atoms with E-state index in [1.807, 2.05) is 17.0 Å². The highest BCUT2D eigenvalue weighted by Crippen LogP contribution is 2.29. The molecule has 2 aromatic rings. The van der Waals surface area contributed by atoms with Gasteiger partial charge in [0.2, 0.25) is 5.82 Å². The quantitative estimate of drug-likeness (QED) is 0.485. The Kier molecular flexibility index (Phi) is 3.75. The van der Waals surface area contributed by atoms with Crippen LogP contribution in [0.2, 0.25) is 5.15 Å². The molecule has 0 saturated carbocycles. The maximum atomic E-state index is 11.2. The molecule has 3 rings (SSSR count). The number of nitrogens with zero attached hydrogens (tertiary/aromatic N) is 3. The smallest absolute Gasteiger partial charge is 0.311 e. The number of hydrogen-bond acceptors (Lipinski definition) is 4. The molecule has 1 aliphatic heterocycles. The van der Waals surface area contributed by atoms with Crippen LogP contribution in [-0.4, -0.2) is 23.0 Å². The zero-order chi connectivity index (χ0) is 14.8. The molecule has 0 spiro atoms. The van der Waals surface area contributed by atoms with Gasteiger partial charge in [-0.25, -0.2) is 4.98 Å². The van der Waals surface area contributed by atoms with Gasteiger partial charge in [-0.3, -0.25) is 10.1 Å². The molecule has 1 aliphatic rings. The normalized spacial score (nSPS) is 14.4. The summed E-state index contributed by atoms with van der Waals surface area (Å²) in [5.41, 5.74) is 2.60. The predicted molar refractivity (Wildman–Crippen MR) is 82.0 cm³/mol. The lowest BCUT2D eigenvalue weighted by Crippen LogP contribution is -2.27. The van der Waals surface area contributed by atoms with E-state index in [1.165, 1.54) is 23.3 Å². The molecule has 0 atom stereocenters. The van der Waals surface area contributed by atoms with Gasteiger partial charge in [-0.05, 0) is 30.0 Å². The van der Waals surface area contributed by atoms with Crippen LogP contribution in [0.15, 0.2) is 36.4 Å². The molecule has 0 N–H and O–H groups in total. The van der Waals surface area contributed by atoms with Gasteiger partial charge in [0.15, 0.2) is 0 Å². The van der Waals surface area contributed by atoms with Gasteiger partial charge in [0, 0.05) is 19.2 Å². The topological polar surface area (TPSA) is 59.3 Å². The van der Waals surface area contributed by atoms with Crippen LogP contribution in [0.5, 0.6) is 0 Å². The molecular formula is C15H14ClN3O2. The van der Waals surface area contributed by atoms with Crippen molar-refractivity contribution in [1.82, 2.24) is 4.98 Å². The summed E-state index contributed by atoms with van der Waals surface area (Å²) >= 11 is 5.91. The van der Waals surface area contributed by atoms with Crippen molar-refractivity contribution in [2.24, 2.45) is 0 Å². The van der Waals surface area contributed by atoms with Crippen molar-refractivity contribution in [1.29, 1.82) is 0 Å². The Balaban J connectivity index is 1.93. The minimum atomic E-state index is -0.406. The van der Waals surface area contributed by atoms with Gasteiger partial charge >= 0.3 is 5.69 Å². The maximum Gasteiger partial charge on any atom is 0.311 e. The lowest BCUT2D eigenvalue weighted by molar-refractivity contribution is -0.384. The number of aromatic nitrogens is 1. The number of nitro groups is 1. The van der Waals surface area contributed by atoms with Crippen LogP contribution in [0.1, 0.15) is 11.1 Å². The van der Waals surface area contributed by atoms with Gasteiger partial charge in [-0.2, -0.15) is 0 Å². The number of pyridine rings is 1. The number of halogens is 1. The third-order valence-corrected chi connectivity index (χ3v) is 3.95. The summed E-state index contributed by atoms with van der Waals surface area (Å²) in [5, 5.41) is 11.5. The summed E-state index contributed by atoms with van der Waals surface area (Å²) in [4.78, 5) is 16.9. The number of anilines is 1. The minimum Gasteiger partial charge on any atom is -0.350 e. The van der Waals surface area contributed by atoms with Crippen molar-refractivity contribution in [2.45, 2.75) is 12.8 Å². The second-order valence-electron chi connectivity index (χ2n) is 4.99. The minimum absolute atomic E-state index is 0.00496. The van der Waals surface area contributed by atoms with E-state index >= 15 is 0 Å². The Labute approximate surface area is 127 Å². The number of fused-ring (bicyclic) bond motifs is 1. The SMILES string of the molecule is O=[N+]([O-])c1ccc(Cl)nc1N1CCc2ccccc2CC1. The number of hydrogen-bond donors (Lipinski definition) is 0. The van der Waals surface area contributed by atoms with Crippen LogP contribution in [0, 0.1) is 10.1 Å². The second-order valence-corrected chi connectivity index (χ2v) is 5.38. The van der Waals surface area contributed by atoms with Crippen LogP contribution >= 0.6 is 11.6 Å². The molecule has 6 heteroatoms. The van der Waals surface area contributed by atoms with Gasteiger partial charge in [0.05, 0.1) is 4.92 Å². The molecule has 0 radical (unpaired) electrons. The van der Waals surface area contributed by atoms with Crippen molar-refractivity contribution in [3.8, 4) is 0 Å². The molecular weight excluding hydrogens is 290 g/mol. The standard InChI is InChI=1S/C15H14ClN3O2/c16-14-6-5-13(19(20)21)15(17-14)18-9-7-11-3-1-2-4-12(11)8-10-18/h1-6H,7-10H2. The Bertz CT molecular complexity index is 663. The fourth-order valence-corrected chi connectivity index (χ4v) is 2.82. The van der Waals surface area contributed by atoms with Crippen LogP contribution in [0.4, 0.5) is 11.5 Å². The molecule has 0 bridgehead atoms. The van der Waals surface area contributed by atoms with E-state index in [-0.39, 0.29) is 10.8 Å². The van der Waals surface area contributed by atoms with E-state index < -0.39 is 4.92 Å². The molecule has 108 valence electrons. The third-order valence-electron chi connectivity index (χ3n) is 3.74. The largest absolute Gasteiger partial charge is 0.350 e. The average molecular weight is 304 g/mol. The van der Waals surface area contributed by atoms with E-state index in [4.69, 9.17) is 11.6 Å². The van der Waals surface area contributed by atoms with Gasteiger partial charge in [-0.15, -0.1) is 0 Å². The van der Waals surface area contributed by atoms with Gasteiger partial charge < -0.3 is 4.90 Å². The Morgan fingerprint density at radius 1 is 1.10 bits per heavy atom. The molecule has 0 unspecified atom stereocenters. The molecule has 1 aromatic heterocycles. The second kappa shape index (κ2) is 5.69. The van der Waals surface area contributed by atoms with Crippen LogP contribution in [0.3, 0.4) is 0 Å². The van der Waals surface area contributed by atoms with E-state index in [0.29, 0.717) is 18.9 Å². The first kappa shape index (κ1) is 13.8. The van der Waals surface area contributed by atoms with E-state index in [1.54, 1.807) is 0 Å². The molecule has 0 saturated heterocycles. The summed E-state index contributed by atoms with van der Waals surface area (Å²) in [6, 6.07) is 11.1. The van der Waals surface area contributed by atoms with Crippen molar-refractivity contribution < 1.29 is 4.92 Å². The average Bonchev–Trinajstić information content (AvgIpc) is 2.69. The van der Waals surface area contributed by atoms with Gasteiger partial charge in [-0.1, -0.05) is 35.9 Å². The highest BCUT2D eigenvalue weighted by atomic mass is 35.5. The van der Waals surface area contributed by atoms with Gasteiger partial charge in [0.1, 0.15) is 5.15 Å². The van der Waals surface area contributed by atoms with Gasteiger partial charge in [0.25, 0.3) is 0 Å². The summed E-state index contributed by atoms with van der Waals surface area (Å²) in [6.45, 7) is 1.40. The summed E-state index contributed by atoms with van der Waals surface area (Å²) in [5.74, 6) is 0.361. The van der Waals surface area contributed by atoms with E-state index in [2.05, 4.69) is 17.1 Å². The molecule has 5 nitrogen and oxygen atoms in total. The monoisotopic (exact) mass is 303 g/mol. The molecule has 0 amide bonds. The summed E-state index contributed by atoms with van der Waals surface area (Å²) in [6.07, 6.45) is 1.70. The fourth-order valence-electron chi connectivity index (χ4n) is 2.67. The highest BCUT2D eigenvalue weighted by Gasteiger charge is 2.23. The van der Waals surface area contributed by atoms with Crippen molar-refractivity contribution in [3.63, 3.8) is 0 Å².